The Kier molecular flexibility index (Phi) is 4.54. The summed E-state index contributed by atoms with van der Waals surface area (Å²) >= 11 is 1.72. The first-order valence-corrected chi connectivity index (χ1v) is 7.54. The van der Waals surface area contributed by atoms with Gasteiger partial charge < -0.3 is 10.5 Å². The van der Waals surface area contributed by atoms with Gasteiger partial charge in [-0.2, -0.15) is 0 Å². The van der Waals surface area contributed by atoms with E-state index < -0.39 is 0 Å². The zero-order chi connectivity index (χ0) is 13.1. The van der Waals surface area contributed by atoms with Crippen LogP contribution in [0.1, 0.15) is 18.0 Å². The third kappa shape index (κ3) is 2.66. The fraction of sp³-hybridized carbons (Fsp3) is 0.571. The van der Waals surface area contributed by atoms with Crippen molar-refractivity contribution in [2.45, 2.75) is 17.4 Å². The van der Waals surface area contributed by atoms with Crippen molar-refractivity contribution in [3.8, 4) is 5.75 Å². The largest absolute Gasteiger partial charge is 0.496 e. The Morgan fingerprint density at radius 2 is 2.28 bits per heavy atom. The maximum Gasteiger partial charge on any atom is 0.132 e. The second kappa shape index (κ2) is 5.95. The zero-order valence-corrected chi connectivity index (χ0v) is 12.2. The molecule has 1 fully saturated rings. The molecule has 3 nitrogen and oxygen atoms in total. The maximum atomic E-state index is 5.78. The molecule has 2 atom stereocenters. The lowest BCUT2D eigenvalue weighted by molar-refractivity contribution is 0.312. The van der Waals surface area contributed by atoms with E-state index in [9.17, 15) is 0 Å². The van der Waals surface area contributed by atoms with Crippen LogP contribution in [0.15, 0.2) is 23.1 Å². The van der Waals surface area contributed by atoms with Crippen LogP contribution >= 0.6 is 11.8 Å². The van der Waals surface area contributed by atoms with Gasteiger partial charge in [0.1, 0.15) is 5.75 Å². The van der Waals surface area contributed by atoms with Crippen LogP contribution in [0.5, 0.6) is 5.75 Å². The third-order valence-electron chi connectivity index (χ3n) is 3.76. The van der Waals surface area contributed by atoms with Crippen molar-refractivity contribution in [3.63, 3.8) is 0 Å². The number of benzene rings is 1. The number of nitrogens with two attached hydrogens (primary N) is 1. The van der Waals surface area contributed by atoms with Gasteiger partial charge in [0.2, 0.25) is 0 Å². The molecule has 1 heterocycles. The van der Waals surface area contributed by atoms with Gasteiger partial charge in [-0.1, -0.05) is 6.07 Å². The van der Waals surface area contributed by atoms with Gasteiger partial charge in [0, 0.05) is 17.5 Å². The van der Waals surface area contributed by atoms with E-state index in [1.165, 1.54) is 10.5 Å². The number of hydrogen-bond donors (Lipinski definition) is 1. The van der Waals surface area contributed by atoms with E-state index >= 15 is 0 Å². The molecule has 0 bridgehead atoms. The number of methoxy groups -OCH3 is 1. The van der Waals surface area contributed by atoms with Crippen LogP contribution in [-0.2, 0) is 0 Å². The minimum Gasteiger partial charge on any atom is -0.496 e. The van der Waals surface area contributed by atoms with Crippen molar-refractivity contribution < 1.29 is 4.74 Å². The number of nitrogens with zero attached hydrogens (tertiary/aromatic N) is 1. The first-order valence-electron chi connectivity index (χ1n) is 6.31. The van der Waals surface area contributed by atoms with E-state index in [4.69, 9.17) is 10.5 Å². The fourth-order valence-electron chi connectivity index (χ4n) is 2.73. The molecule has 1 aliphatic heterocycles. The SMILES string of the molecule is COc1cc(C2CC(CN)CN2C)ccc1SC. The van der Waals surface area contributed by atoms with Crippen molar-refractivity contribution in [3.05, 3.63) is 23.8 Å². The summed E-state index contributed by atoms with van der Waals surface area (Å²) in [5.74, 6) is 1.59. The molecule has 1 aromatic rings. The van der Waals surface area contributed by atoms with Gasteiger partial charge in [-0.25, -0.2) is 0 Å². The number of likely N-dealkylation sites (tertiary alicyclic amines) is 1. The summed E-state index contributed by atoms with van der Waals surface area (Å²) in [5, 5.41) is 0. The molecule has 0 amide bonds. The summed E-state index contributed by atoms with van der Waals surface area (Å²) in [6.07, 6.45) is 3.22. The van der Waals surface area contributed by atoms with Crippen LogP contribution in [-0.4, -0.2) is 38.4 Å². The molecule has 2 unspecified atom stereocenters. The van der Waals surface area contributed by atoms with Gasteiger partial charge >= 0.3 is 0 Å². The van der Waals surface area contributed by atoms with Crippen LogP contribution in [0.4, 0.5) is 0 Å². The molecule has 1 saturated heterocycles. The highest BCUT2D eigenvalue weighted by molar-refractivity contribution is 7.98. The quantitative estimate of drug-likeness (QED) is 0.849. The zero-order valence-electron chi connectivity index (χ0n) is 11.3. The van der Waals surface area contributed by atoms with Gasteiger partial charge in [-0.05, 0) is 49.9 Å². The van der Waals surface area contributed by atoms with E-state index in [-0.39, 0.29) is 0 Å². The average molecular weight is 266 g/mol. The topological polar surface area (TPSA) is 38.5 Å². The highest BCUT2D eigenvalue weighted by Crippen LogP contribution is 2.37. The smallest absolute Gasteiger partial charge is 0.132 e. The molecular weight excluding hydrogens is 244 g/mol. The maximum absolute atomic E-state index is 5.78. The Hall–Kier alpha value is -0.710. The summed E-state index contributed by atoms with van der Waals surface area (Å²) in [6, 6.07) is 7.02. The molecule has 1 aliphatic rings. The molecule has 2 N–H and O–H groups in total. The number of ether oxygens (including phenoxy) is 1. The second-order valence-corrected chi connectivity index (χ2v) is 5.76. The Balaban J connectivity index is 2.23. The lowest BCUT2D eigenvalue weighted by Gasteiger charge is -2.20. The number of thioether (sulfide) groups is 1. The van der Waals surface area contributed by atoms with Crippen molar-refractivity contribution >= 4 is 11.8 Å². The lowest BCUT2D eigenvalue weighted by atomic mass is 10.00. The van der Waals surface area contributed by atoms with E-state index in [2.05, 4.69) is 36.4 Å². The number of hydrogen-bond acceptors (Lipinski definition) is 4. The summed E-state index contributed by atoms with van der Waals surface area (Å²) in [4.78, 5) is 3.59. The molecule has 1 aromatic carbocycles. The predicted molar refractivity (Wildman–Crippen MR) is 77.3 cm³/mol. The average Bonchev–Trinajstić information content (AvgIpc) is 2.79. The van der Waals surface area contributed by atoms with Gasteiger partial charge in [-0.15, -0.1) is 11.8 Å². The second-order valence-electron chi connectivity index (χ2n) is 4.91. The minimum absolute atomic E-state index is 0.475. The van der Waals surface area contributed by atoms with Crippen LogP contribution < -0.4 is 10.5 Å². The fourth-order valence-corrected chi connectivity index (χ4v) is 3.27. The molecule has 4 heteroatoms. The molecule has 100 valence electrons. The summed E-state index contributed by atoms with van der Waals surface area (Å²) in [5.41, 5.74) is 7.12. The van der Waals surface area contributed by atoms with Crippen LogP contribution in [0.3, 0.4) is 0 Å². The van der Waals surface area contributed by atoms with E-state index in [0.717, 1.165) is 25.3 Å². The van der Waals surface area contributed by atoms with Crippen LogP contribution in [0.25, 0.3) is 0 Å². The third-order valence-corrected chi connectivity index (χ3v) is 4.54. The molecular formula is C14H22N2OS. The van der Waals surface area contributed by atoms with Crippen molar-refractivity contribution in [1.29, 1.82) is 0 Å². The highest BCUT2D eigenvalue weighted by atomic mass is 32.2. The monoisotopic (exact) mass is 266 g/mol. The Morgan fingerprint density at radius 1 is 1.50 bits per heavy atom. The Labute approximate surface area is 114 Å². The minimum atomic E-state index is 0.475. The molecule has 0 radical (unpaired) electrons. The normalized spacial score (nSPS) is 24.4. The van der Waals surface area contributed by atoms with Gasteiger partial charge in [0.25, 0.3) is 0 Å². The van der Waals surface area contributed by atoms with Gasteiger partial charge in [0.15, 0.2) is 0 Å². The summed E-state index contributed by atoms with van der Waals surface area (Å²) in [7, 11) is 3.91. The molecule has 0 aromatic heterocycles. The molecule has 0 saturated carbocycles. The van der Waals surface area contributed by atoms with Crippen LogP contribution in [0, 0.1) is 5.92 Å². The predicted octanol–water partition coefficient (Wildman–Crippen LogP) is 2.37. The standard InChI is InChI=1S/C14H22N2OS/c1-16-9-10(8-15)6-12(16)11-4-5-14(18-3)13(7-11)17-2/h4-5,7,10,12H,6,8-9,15H2,1-3H3. The van der Waals surface area contributed by atoms with Gasteiger partial charge in [-0.3, -0.25) is 4.90 Å². The highest BCUT2D eigenvalue weighted by Gasteiger charge is 2.29. The molecule has 2 rings (SSSR count). The van der Waals surface area contributed by atoms with Crippen LogP contribution in [0.2, 0.25) is 0 Å². The van der Waals surface area contributed by atoms with E-state index in [1.54, 1.807) is 18.9 Å². The van der Waals surface area contributed by atoms with Crippen molar-refractivity contribution in [2.75, 3.05) is 33.5 Å². The molecule has 0 spiro atoms. The molecule has 0 aliphatic carbocycles. The van der Waals surface area contributed by atoms with Crippen molar-refractivity contribution in [1.82, 2.24) is 4.90 Å². The molecule has 18 heavy (non-hydrogen) atoms. The summed E-state index contributed by atoms with van der Waals surface area (Å²) in [6.45, 7) is 1.87. The Morgan fingerprint density at radius 3 is 2.83 bits per heavy atom. The Bertz CT molecular complexity index is 411. The van der Waals surface area contributed by atoms with E-state index in [0.29, 0.717) is 12.0 Å². The van der Waals surface area contributed by atoms with E-state index in [1.807, 2.05) is 0 Å². The first kappa shape index (κ1) is 13.7. The van der Waals surface area contributed by atoms with Gasteiger partial charge in [0.05, 0.1) is 7.11 Å². The lowest BCUT2D eigenvalue weighted by Crippen LogP contribution is -2.20. The summed E-state index contributed by atoms with van der Waals surface area (Å²) < 4.78 is 5.46. The first-order chi connectivity index (χ1) is 8.69. The number of rotatable bonds is 4. The van der Waals surface area contributed by atoms with Crippen molar-refractivity contribution in [2.24, 2.45) is 11.7 Å².